The van der Waals surface area contributed by atoms with Gasteiger partial charge in [-0.15, -0.1) is 10.2 Å². The number of allylic oxidation sites excluding steroid dienone is 1. The third kappa shape index (κ3) is 2.00. The van der Waals surface area contributed by atoms with Gasteiger partial charge in [0.25, 0.3) is 0 Å². The molecule has 0 fully saturated rings. The Morgan fingerprint density at radius 2 is 2.09 bits per heavy atom. The van der Waals surface area contributed by atoms with E-state index in [0.717, 1.165) is 29.4 Å². The number of benzene rings is 1. The number of fused-ring (bicyclic) bond motifs is 2. The van der Waals surface area contributed by atoms with E-state index in [9.17, 15) is 0 Å². The van der Waals surface area contributed by atoms with Gasteiger partial charge < -0.3 is 4.90 Å². The Bertz CT molecular complexity index is 739. The topological polar surface area (TPSA) is 43.7 Å². The number of rotatable bonds is 2. The van der Waals surface area contributed by atoms with Gasteiger partial charge in [0, 0.05) is 12.6 Å². The fourth-order valence-corrected chi connectivity index (χ4v) is 2.94. The molecule has 0 unspecified atom stereocenters. The maximum Gasteiger partial charge on any atom is 0.177 e. The summed E-state index contributed by atoms with van der Waals surface area (Å²) in [7, 11) is 1.63. The molecule has 0 saturated heterocycles. The van der Waals surface area contributed by atoms with E-state index in [1.165, 1.54) is 0 Å². The quantitative estimate of drug-likeness (QED) is 0.836. The predicted octanol–water partition coefficient (Wildman–Crippen LogP) is 3.63. The van der Waals surface area contributed by atoms with E-state index in [1.807, 2.05) is 41.6 Å². The third-order valence-electron chi connectivity index (χ3n) is 3.74. The summed E-state index contributed by atoms with van der Waals surface area (Å²) in [6.07, 6.45) is 6.65. The van der Waals surface area contributed by atoms with E-state index in [1.54, 1.807) is 12.2 Å². The van der Waals surface area contributed by atoms with E-state index in [2.05, 4.69) is 21.2 Å². The zero-order chi connectivity index (χ0) is 15.1. The highest BCUT2D eigenvalue weighted by Crippen LogP contribution is 2.39. The Morgan fingerprint density at radius 1 is 1.23 bits per heavy atom. The lowest BCUT2D eigenvalue weighted by molar-refractivity contribution is -0.0952. The molecule has 3 aliphatic heterocycles. The van der Waals surface area contributed by atoms with Crippen molar-refractivity contribution in [3.8, 4) is 0 Å². The van der Waals surface area contributed by atoms with Crippen molar-refractivity contribution in [1.82, 2.24) is 9.96 Å². The molecule has 22 heavy (non-hydrogen) atoms. The minimum Gasteiger partial charge on any atom is -0.300 e. The first kappa shape index (κ1) is 13.4. The molecule has 7 heteroatoms. The van der Waals surface area contributed by atoms with Gasteiger partial charge in [-0.1, -0.05) is 29.8 Å². The van der Waals surface area contributed by atoms with Crippen molar-refractivity contribution in [3.63, 3.8) is 0 Å². The molecule has 0 N–H and O–H groups in total. The number of nitrogens with zero attached hydrogens (tertiary/aromatic N) is 5. The minimum absolute atomic E-state index is 0.568. The van der Waals surface area contributed by atoms with Gasteiger partial charge in [-0.2, -0.15) is 0 Å². The summed E-state index contributed by atoms with van der Waals surface area (Å²) in [6, 6.07) is 7.76. The molecule has 0 aromatic heterocycles. The first-order valence-electron chi connectivity index (χ1n) is 6.93. The van der Waals surface area contributed by atoms with Gasteiger partial charge in [0.2, 0.25) is 0 Å². The number of azo groups is 1. The predicted molar refractivity (Wildman–Crippen MR) is 83.2 cm³/mol. The lowest BCUT2D eigenvalue weighted by atomic mass is 10.2. The summed E-state index contributed by atoms with van der Waals surface area (Å²) in [5.41, 5.74) is 1.83. The molecule has 0 aliphatic carbocycles. The maximum atomic E-state index is 6.37. The number of anilines is 1. The Morgan fingerprint density at radius 3 is 2.91 bits per heavy atom. The molecule has 3 aliphatic rings. The van der Waals surface area contributed by atoms with E-state index in [0.29, 0.717) is 11.7 Å². The molecule has 3 heterocycles. The van der Waals surface area contributed by atoms with E-state index in [-0.39, 0.29) is 0 Å². The summed E-state index contributed by atoms with van der Waals surface area (Å²) >= 11 is 6.37. The van der Waals surface area contributed by atoms with Gasteiger partial charge in [0.1, 0.15) is 18.2 Å². The van der Waals surface area contributed by atoms with Gasteiger partial charge in [-0.05, 0) is 12.1 Å². The summed E-state index contributed by atoms with van der Waals surface area (Å²) in [6.45, 7) is 0.568. The molecule has 1 aromatic carbocycles. The molecular formula is C15H14ClN5O. The van der Waals surface area contributed by atoms with Gasteiger partial charge in [-0.3, -0.25) is 9.74 Å². The molecule has 0 radical (unpaired) electrons. The molecule has 1 aromatic rings. The first-order valence-corrected chi connectivity index (χ1v) is 7.31. The number of para-hydroxylation sites is 1. The van der Waals surface area contributed by atoms with Gasteiger partial charge in [0.05, 0.1) is 24.0 Å². The molecule has 0 bridgehead atoms. The Hall–Kier alpha value is -2.31. The maximum absolute atomic E-state index is 6.37. The molecule has 0 spiro atoms. The molecule has 0 amide bonds. The van der Waals surface area contributed by atoms with Gasteiger partial charge in [-0.25, -0.2) is 5.06 Å². The standard InChI is InChI=1S/C15H14ClN5O/c1-22-19-9-14-18-17-12-6-4-8-20(15(12)21(14)10-19)13-7-3-2-5-11(13)16/h2-5,7-9H,6,10H2,1H3. The minimum atomic E-state index is 0.568. The third-order valence-corrected chi connectivity index (χ3v) is 4.06. The molecule has 6 nitrogen and oxygen atoms in total. The van der Waals surface area contributed by atoms with Crippen LogP contribution in [-0.2, 0) is 4.84 Å². The number of hydroxylamine groups is 2. The fourth-order valence-electron chi connectivity index (χ4n) is 2.71. The summed E-state index contributed by atoms with van der Waals surface area (Å²) < 4.78 is 0. The average Bonchev–Trinajstić information content (AvgIpc) is 2.98. The van der Waals surface area contributed by atoms with Crippen LogP contribution in [0.1, 0.15) is 6.42 Å². The van der Waals surface area contributed by atoms with E-state index >= 15 is 0 Å². The van der Waals surface area contributed by atoms with Crippen LogP contribution >= 0.6 is 11.6 Å². The largest absolute Gasteiger partial charge is 0.300 e. The van der Waals surface area contributed by atoms with Crippen LogP contribution in [0.2, 0.25) is 5.02 Å². The van der Waals surface area contributed by atoms with Crippen molar-refractivity contribution < 1.29 is 4.84 Å². The van der Waals surface area contributed by atoms with E-state index < -0.39 is 0 Å². The summed E-state index contributed by atoms with van der Waals surface area (Å²) in [4.78, 5) is 9.39. The second kappa shape index (κ2) is 5.15. The number of halogens is 1. The first-order chi connectivity index (χ1) is 10.8. The highest BCUT2D eigenvalue weighted by molar-refractivity contribution is 6.33. The van der Waals surface area contributed by atoms with Crippen molar-refractivity contribution in [2.45, 2.75) is 6.42 Å². The van der Waals surface area contributed by atoms with Crippen LogP contribution < -0.4 is 4.90 Å². The highest BCUT2D eigenvalue weighted by atomic mass is 35.5. The Labute approximate surface area is 133 Å². The van der Waals surface area contributed by atoms with Crippen LogP contribution in [-0.4, -0.2) is 23.7 Å². The second-order valence-electron chi connectivity index (χ2n) is 5.04. The second-order valence-corrected chi connectivity index (χ2v) is 5.44. The van der Waals surface area contributed by atoms with Gasteiger partial charge in [0.15, 0.2) is 5.82 Å². The lowest BCUT2D eigenvalue weighted by Gasteiger charge is -2.36. The zero-order valence-corrected chi connectivity index (χ0v) is 12.7. The Kier molecular flexibility index (Phi) is 3.13. The normalized spacial score (nSPS) is 19.5. The average molecular weight is 316 g/mol. The fraction of sp³-hybridized carbons (Fsp3) is 0.200. The molecule has 0 saturated carbocycles. The SMILES string of the molecule is CON1C=C2N=NC3=C(N2C1)N(c1ccccc1Cl)C=CC3. The molecule has 112 valence electrons. The Balaban J connectivity index is 1.78. The van der Waals surface area contributed by atoms with Crippen molar-refractivity contribution in [1.29, 1.82) is 0 Å². The number of hydrogen-bond donors (Lipinski definition) is 0. The monoisotopic (exact) mass is 315 g/mol. The van der Waals surface area contributed by atoms with Gasteiger partial charge >= 0.3 is 0 Å². The summed E-state index contributed by atoms with van der Waals surface area (Å²) in [5, 5.41) is 11.0. The van der Waals surface area contributed by atoms with Crippen LogP contribution in [0.3, 0.4) is 0 Å². The lowest BCUT2D eigenvalue weighted by Crippen LogP contribution is -2.36. The highest BCUT2D eigenvalue weighted by Gasteiger charge is 2.34. The van der Waals surface area contributed by atoms with Crippen molar-refractivity contribution >= 4 is 17.3 Å². The van der Waals surface area contributed by atoms with Crippen LogP contribution in [0.4, 0.5) is 5.69 Å². The van der Waals surface area contributed by atoms with Crippen molar-refractivity contribution in [2.75, 3.05) is 18.7 Å². The van der Waals surface area contributed by atoms with Crippen LogP contribution in [0.25, 0.3) is 0 Å². The summed E-state index contributed by atoms with van der Waals surface area (Å²) in [5.74, 6) is 1.73. The van der Waals surface area contributed by atoms with Crippen LogP contribution in [0.15, 0.2) is 70.3 Å². The molecule has 4 rings (SSSR count). The van der Waals surface area contributed by atoms with E-state index in [4.69, 9.17) is 16.4 Å². The van der Waals surface area contributed by atoms with Crippen LogP contribution in [0, 0.1) is 0 Å². The van der Waals surface area contributed by atoms with Crippen molar-refractivity contribution in [3.05, 3.63) is 65.1 Å². The molecule has 0 atom stereocenters. The number of hydrogen-bond acceptors (Lipinski definition) is 6. The smallest absolute Gasteiger partial charge is 0.177 e. The zero-order valence-electron chi connectivity index (χ0n) is 12.0. The van der Waals surface area contributed by atoms with Crippen LogP contribution in [0.5, 0.6) is 0 Å². The van der Waals surface area contributed by atoms with Crippen molar-refractivity contribution in [2.24, 2.45) is 10.2 Å². The molecular weight excluding hydrogens is 302 g/mol.